The average Bonchev–Trinajstić information content (AvgIpc) is 3.41. The summed E-state index contributed by atoms with van der Waals surface area (Å²) in [4.78, 5) is 24.6. The second-order valence-corrected chi connectivity index (χ2v) is 8.70. The molecule has 0 saturated carbocycles. The molecule has 5 rings (SSSR count). The molecule has 1 spiro atoms. The number of nitro groups is 1. The number of halogens is 4. The van der Waals surface area contributed by atoms with E-state index in [0.717, 1.165) is 0 Å². The summed E-state index contributed by atoms with van der Waals surface area (Å²) in [7, 11) is 0. The summed E-state index contributed by atoms with van der Waals surface area (Å²) in [5, 5.41) is 20.9. The van der Waals surface area contributed by atoms with Crippen LogP contribution in [0.3, 0.4) is 0 Å². The van der Waals surface area contributed by atoms with Crippen molar-refractivity contribution >= 4 is 28.9 Å². The molecule has 2 aromatic carbocycles. The van der Waals surface area contributed by atoms with Gasteiger partial charge in [-0.15, -0.1) is 0 Å². The van der Waals surface area contributed by atoms with E-state index >= 15 is 0 Å². The molecule has 1 aromatic heterocycles. The van der Waals surface area contributed by atoms with Crippen molar-refractivity contribution in [1.82, 2.24) is 10.5 Å². The lowest BCUT2D eigenvalue weighted by Crippen LogP contribution is -2.52. The van der Waals surface area contributed by atoms with Crippen molar-refractivity contribution in [3.8, 4) is 0 Å². The van der Waals surface area contributed by atoms with E-state index in [-0.39, 0.29) is 27.5 Å². The van der Waals surface area contributed by atoms with Crippen LogP contribution in [0.4, 0.5) is 24.5 Å². The van der Waals surface area contributed by atoms with Crippen LogP contribution in [0.1, 0.15) is 34.4 Å². The molecule has 1 saturated heterocycles. The van der Waals surface area contributed by atoms with Gasteiger partial charge in [0.2, 0.25) is 11.7 Å². The van der Waals surface area contributed by atoms with Crippen molar-refractivity contribution in [2.45, 2.75) is 36.5 Å². The first-order valence-corrected chi connectivity index (χ1v) is 10.5. The minimum atomic E-state index is -4.81. The molecule has 0 bridgehead atoms. The Kier molecular flexibility index (Phi) is 4.96. The molecule has 4 atom stereocenters. The number of aromatic nitrogens is 1. The molecule has 2 N–H and O–H groups in total. The highest BCUT2D eigenvalue weighted by atomic mass is 35.5. The number of fused-ring (bicyclic) bond motifs is 2. The van der Waals surface area contributed by atoms with E-state index in [2.05, 4.69) is 15.8 Å². The Morgan fingerprint density at radius 1 is 1.21 bits per heavy atom. The molecule has 1 fully saturated rings. The number of rotatable bonds is 3. The van der Waals surface area contributed by atoms with Gasteiger partial charge in [-0.05, 0) is 30.7 Å². The summed E-state index contributed by atoms with van der Waals surface area (Å²) in [5.74, 6) is -4.14. The van der Waals surface area contributed by atoms with Gasteiger partial charge in [0.1, 0.15) is 11.6 Å². The first-order chi connectivity index (χ1) is 16.1. The van der Waals surface area contributed by atoms with Crippen molar-refractivity contribution in [3.63, 3.8) is 0 Å². The van der Waals surface area contributed by atoms with Crippen LogP contribution in [0.5, 0.6) is 0 Å². The summed E-state index contributed by atoms with van der Waals surface area (Å²) in [6.07, 6.45) is -4.81. The van der Waals surface area contributed by atoms with E-state index in [1.807, 2.05) is 0 Å². The molecule has 0 unspecified atom stereocenters. The zero-order valence-electron chi connectivity index (χ0n) is 17.4. The predicted molar refractivity (Wildman–Crippen MR) is 115 cm³/mol. The van der Waals surface area contributed by atoms with Crippen LogP contribution < -0.4 is 10.6 Å². The summed E-state index contributed by atoms with van der Waals surface area (Å²) in [6, 6.07) is 9.83. The normalized spacial score (nSPS) is 26.0. The molecule has 0 radical (unpaired) electrons. The zero-order chi connectivity index (χ0) is 24.4. The molecule has 2 aliphatic rings. The van der Waals surface area contributed by atoms with Gasteiger partial charge in [0, 0.05) is 22.2 Å². The van der Waals surface area contributed by atoms with E-state index < -0.39 is 51.9 Å². The fourth-order valence-electron chi connectivity index (χ4n) is 5.15. The second kappa shape index (κ2) is 7.54. The number of amides is 1. The summed E-state index contributed by atoms with van der Waals surface area (Å²) in [6.45, 7) is 1.32. The molecule has 8 nitrogen and oxygen atoms in total. The van der Waals surface area contributed by atoms with Gasteiger partial charge in [0.25, 0.3) is 0 Å². The highest BCUT2D eigenvalue weighted by Gasteiger charge is 2.69. The van der Waals surface area contributed by atoms with E-state index in [4.69, 9.17) is 16.1 Å². The molecule has 176 valence electrons. The Hall–Kier alpha value is -3.44. The Bertz CT molecular complexity index is 1310. The summed E-state index contributed by atoms with van der Waals surface area (Å²) < 4.78 is 48.7. The first-order valence-electron chi connectivity index (χ1n) is 10.2. The highest BCUT2D eigenvalue weighted by molar-refractivity contribution is 6.31. The number of hydrogen-bond donors (Lipinski definition) is 2. The van der Waals surface area contributed by atoms with Crippen LogP contribution in [0.2, 0.25) is 5.02 Å². The number of alkyl halides is 3. The number of hydrogen-bond acceptors (Lipinski definition) is 6. The number of carbonyl (C=O) groups excluding carboxylic acids is 1. The summed E-state index contributed by atoms with van der Waals surface area (Å²) in [5.41, 5.74) is -2.12. The van der Waals surface area contributed by atoms with Crippen molar-refractivity contribution in [1.29, 1.82) is 0 Å². The van der Waals surface area contributed by atoms with Crippen LogP contribution in [0.25, 0.3) is 0 Å². The van der Waals surface area contributed by atoms with Crippen LogP contribution >= 0.6 is 11.6 Å². The largest absolute Gasteiger partial charge is 0.404 e. The minimum Gasteiger partial charge on any atom is -0.353 e. The van der Waals surface area contributed by atoms with Crippen LogP contribution in [0.15, 0.2) is 53.1 Å². The van der Waals surface area contributed by atoms with E-state index in [0.29, 0.717) is 0 Å². The van der Waals surface area contributed by atoms with E-state index in [1.54, 1.807) is 18.2 Å². The fraction of sp³-hybridized carbons (Fsp3) is 0.273. The van der Waals surface area contributed by atoms with Crippen molar-refractivity contribution in [2.24, 2.45) is 0 Å². The lowest BCUT2D eigenvalue weighted by atomic mass is 9.71. The average molecular weight is 493 g/mol. The molecule has 1 amide bonds. The molecule has 0 aliphatic carbocycles. The topological polar surface area (TPSA) is 110 Å². The van der Waals surface area contributed by atoms with Gasteiger partial charge in [-0.2, -0.15) is 13.2 Å². The molecule has 3 heterocycles. The number of anilines is 1. The van der Waals surface area contributed by atoms with Crippen molar-refractivity contribution in [3.05, 3.63) is 86.2 Å². The number of carbonyl (C=O) groups is 1. The van der Waals surface area contributed by atoms with Gasteiger partial charge in [-0.1, -0.05) is 47.1 Å². The Labute approximate surface area is 195 Å². The number of nitrogens with one attached hydrogen (secondary N) is 2. The number of nitrogens with zero attached hydrogens (tertiary/aromatic N) is 2. The maximum absolute atomic E-state index is 14.5. The Balaban J connectivity index is 1.87. The molecular weight excluding hydrogens is 477 g/mol. The fourth-order valence-corrected chi connectivity index (χ4v) is 5.32. The van der Waals surface area contributed by atoms with E-state index in [1.165, 1.54) is 37.3 Å². The van der Waals surface area contributed by atoms with Crippen LogP contribution in [0, 0.1) is 17.0 Å². The molecule has 34 heavy (non-hydrogen) atoms. The Morgan fingerprint density at radius 2 is 1.91 bits per heavy atom. The minimum absolute atomic E-state index is 0.109. The lowest BCUT2D eigenvalue weighted by molar-refractivity contribution is -0.386. The van der Waals surface area contributed by atoms with Gasteiger partial charge < -0.3 is 9.84 Å². The molecule has 12 heteroatoms. The van der Waals surface area contributed by atoms with Gasteiger partial charge in [-0.25, -0.2) is 0 Å². The van der Waals surface area contributed by atoms with Gasteiger partial charge in [-0.3, -0.25) is 20.2 Å². The molecule has 3 aromatic rings. The third-order valence-corrected chi connectivity index (χ3v) is 6.68. The van der Waals surface area contributed by atoms with Crippen LogP contribution in [-0.2, 0) is 10.3 Å². The van der Waals surface area contributed by atoms with E-state index in [9.17, 15) is 28.1 Å². The van der Waals surface area contributed by atoms with Crippen molar-refractivity contribution in [2.75, 3.05) is 5.32 Å². The Morgan fingerprint density at radius 3 is 2.56 bits per heavy atom. The van der Waals surface area contributed by atoms with Crippen molar-refractivity contribution < 1.29 is 27.4 Å². The number of benzene rings is 2. The second-order valence-electron chi connectivity index (χ2n) is 8.27. The SMILES string of the molecule is Cc1noc([C@@H]2[C@@H](c3ccccc3)[C@H](C(F)(F)F)N[C@@]23C(=O)Nc2ccc(Cl)cc23)c1[N+](=O)[O-]. The maximum Gasteiger partial charge on any atom is 0.404 e. The van der Waals surface area contributed by atoms with Gasteiger partial charge >= 0.3 is 11.9 Å². The maximum atomic E-state index is 14.5. The highest BCUT2D eigenvalue weighted by Crippen LogP contribution is 2.60. The zero-order valence-corrected chi connectivity index (χ0v) is 18.1. The molecule has 2 aliphatic heterocycles. The predicted octanol–water partition coefficient (Wildman–Crippen LogP) is 4.79. The quantitative estimate of drug-likeness (QED) is 0.401. The first kappa shape index (κ1) is 22.4. The third kappa shape index (κ3) is 3.11. The summed E-state index contributed by atoms with van der Waals surface area (Å²) >= 11 is 6.16. The van der Waals surface area contributed by atoms with Crippen LogP contribution in [-0.4, -0.2) is 28.2 Å². The number of aryl methyl sites for hydroxylation is 1. The van der Waals surface area contributed by atoms with Gasteiger partial charge in [0.05, 0.1) is 10.8 Å². The van der Waals surface area contributed by atoms with Gasteiger partial charge in [0.15, 0.2) is 5.69 Å². The third-order valence-electron chi connectivity index (χ3n) is 6.44. The smallest absolute Gasteiger partial charge is 0.353 e. The molecular formula is C22H16ClF3N4O4. The monoisotopic (exact) mass is 492 g/mol. The standard InChI is InChI=1S/C22H16ClF3N4O4/c1-10-17(30(32)33)18(34-29-10)16-15(11-5-3-2-4-6-11)19(22(24,25)26)28-21(16)13-9-12(23)7-8-14(13)27-20(21)31/h2-9,15-16,19,28H,1H3,(H,27,31)/t15-,16+,19-,21-/m1/s1. The lowest BCUT2D eigenvalue weighted by Gasteiger charge is -2.30.